The first kappa shape index (κ1) is 64.2. The smallest absolute Gasteiger partial charge is 0.306 e. The fraction of sp³-hybridized carbons (Fsp3) is 0.719. The van der Waals surface area contributed by atoms with E-state index in [2.05, 4.69) is 86.8 Å². The standard InChI is InChI=1S/C57H101N2O7P/c1-7-10-13-16-19-22-25-26-27-28-29-30-31-32-35-37-40-43-46-49-56(60)58-54(53-65-67(62,63)64-52-51-59(4,5)6)55(48-45-42-39-36-33-23-20-17-14-11-8-2)66-57(61)50-47-44-41-38-34-24-21-18-15-12-9-3/h10,13,19,22,26-27,29-30,32,35,40,43,45,48,54-55H,7-9,11-12,14-18,20-21,23-25,28,31,33-34,36-39,41-42,44,46-47,49-53H2,1-6H3,(H-,58,60,62,63)/b13-10-,22-19-,27-26-,30-29-,35-32-,43-40-,48-45-. The summed E-state index contributed by atoms with van der Waals surface area (Å²) in [6.07, 6.45) is 60.0. The number of amides is 1. The predicted octanol–water partition coefficient (Wildman–Crippen LogP) is 15.2. The van der Waals surface area contributed by atoms with Gasteiger partial charge in [-0.2, -0.15) is 0 Å². The van der Waals surface area contributed by atoms with Crippen molar-refractivity contribution in [1.29, 1.82) is 0 Å². The first-order valence-corrected chi connectivity index (χ1v) is 28.4. The summed E-state index contributed by atoms with van der Waals surface area (Å²) < 4.78 is 30.1. The molecule has 0 aliphatic carbocycles. The van der Waals surface area contributed by atoms with Crippen LogP contribution in [0.5, 0.6) is 0 Å². The van der Waals surface area contributed by atoms with Crippen LogP contribution in [0.1, 0.15) is 213 Å². The number of nitrogens with one attached hydrogen (secondary N) is 1. The van der Waals surface area contributed by atoms with E-state index in [1.807, 2.05) is 39.4 Å². The van der Waals surface area contributed by atoms with Crippen LogP contribution < -0.4 is 10.2 Å². The molecule has 0 saturated heterocycles. The van der Waals surface area contributed by atoms with E-state index in [-0.39, 0.29) is 31.3 Å². The van der Waals surface area contributed by atoms with Gasteiger partial charge < -0.3 is 28.5 Å². The van der Waals surface area contributed by atoms with E-state index in [4.69, 9.17) is 13.8 Å². The second-order valence-electron chi connectivity index (χ2n) is 19.0. The van der Waals surface area contributed by atoms with Gasteiger partial charge in [0.25, 0.3) is 7.82 Å². The molecule has 0 radical (unpaired) electrons. The summed E-state index contributed by atoms with van der Waals surface area (Å²) in [5.74, 6) is -0.645. The van der Waals surface area contributed by atoms with Crippen molar-refractivity contribution in [2.75, 3.05) is 40.9 Å². The van der Waals surface area contributed by atoms with Crippen molar-refractivity contribution < 1.29 is 37.3 Å². The Morgan fingerprint density at radius 1 is 0.537 bits per heavy atom. The second kappa shape index (κ2) is 46.9. The number of esters is 1. The number of phosphoric ester groups is 1. The molecule has 0 rings (SSSR count). The lowest BCUT2D eigenvalue weighted by Gasteiger charge is -2.30. The molecule has 1 N–H and O–H groups in total. The summed E-state index contributed by atoms with van der Waals surface area (Å²) in [7, 11) is 1.13. The molecule has 0 bridgehead atoms. The number of likely N-dealkylation sites (N-methyl/N-ethyl adjacent to an activating group) is 1. The van der Waals surface area contributed by atoms with Gasteiger partial charge in [-0.05, 0) is 70.3 Å². The highest BCUT2D eigenvalue weighted by Crippen LogP contribution is 2.38. The van der Waals surface area contributed by atoms with Gasteiger partial charge in [-0.1, -0.05) is 215 Å². The van der Waals surface area contributed by atoms with Crippen LogP contribution >= 0.6 is 7.82 Å². The minimum atomic E-state index is -4.71. The highest BCUT2D eigenvalue weighted by Gasteiger charge is 2.27. The van der Waals surface area contributed by atoms with Gasteiger partial charge in [0.1, 0.15) is 19.3 Å². The number of nitrogens with zero attached hydrogens (tertiary/aromatic N) is 1. The van der Waals surface area contributed by atoms with Crippen LogP contribution in [-0.4, -0.2) is 69.4 Å². The Balaban J connectivity index is 5.47. The summed E-state index contributed by atoms with van der Waals surface area (Å²) in [5, 5.41) is 2.96. The minimum Gasteiger partial charge on any atom is -0.756 e. The highest BCUT2D eigenvalue weighted by molar-refractivity contribution is 7.45. The first-order valence-electron chi connectivity index (χ1n) is 26.9. The summed E-state index contributed by atoms with van der Waals surface area (Å²) in [5.41, 5.74) is 0. The Labute approximate surface area is 412 Å². The Hall–Kier alpha value is -2.81. The van der Waals surface area contributed by atoms with Crippen molar-refractivity contribution in [2.24, 2.45) is 0 Å². The van der Waals surface area contributed by atoms with Crippen LogP contribution in [0.25, 0.3) is 0 Å². The molecule has 1 amide bonds. The second-order valence-corrected chi connectivity index (χ2v) is 20.4. The topological polar surface area (TPSA) is 114 Å². The number of phosphoric acid groups is 1. The van der Waals surface area contributed by atoms with Crippen molar-refractivity contribution in [3.05, 3.63) is 85.1 Å². The molecule has 0 fully saturated rings. The van der Waals surface area contributed by atoms with Crippen LogP contribution in [0.15, 0.2) is 85.1 Å². The Morgan fingerprint density at radius 2 is 0.970 bits per heavy atom. The maximum Gasteiger partial charge on any atom is 0.306 e. The maximum absolute atomic E-state index is 13.4. The van der Waals surface area contributed by atoms with Crippen LogP contribution in [-0.2, 0) is 27.9 Å². The van der Waals surface area contributed by atoms with E-state index in [0.29, 0.717) is 17.4 Å². The van der Waals surface area contributed by atoms with Gasteiger partial charge in [0, 0.05) is 12.8 Å². The van der Waals surface area contributed by atoms with E-state index in [1.165, 1.54) is 96.3 Å². The first-order chi connectivity index (χ1) is 32.4. The lowest BCUT2D eigenvalue weighted by molar-refractivity contribution is -0.870. The molecule has 0 saturated carbocycles. The molecule has 386 valence electrons. The molecule has 0 aromatic rings. The minimum absolute atomic E-state index is 0.0384. The number of carbonyl (C=O) groups is 2. The van der Waals surface area contributed by atoms with Crippen molar-refractivity contribution in [2.45, 2.75) is 226 Å². The number of quaternary nitrogens is 1. The molecule has 0 aromatic heterocycles. The largest absolute Gasteiger partial charge is 0.756 e. The third-order valence-corrected chi connectivity index (χ3v) is 12.3. The summed E-state index contributed by atoms with van der Waals surface area (Å²) >= 11 is 0. The van der Waals surface area contributed by atoms with Crippen LogP contribution in [0.3, 0.4) is 0 Å². The number of ether oxygens (including phenoxy) is 1. The number of rotatable bonds is 47. The van der Waals surface area contributed by atoms with Gasteiger partial charge in [-0.3, -0.25) is 14.2 Å². The van der Waals surface area contributed by atoms with Gasteiger partial charge in [0.2, 0.25) is 5.91 Å². The molecule has 3 unspecified atom stereocenters. The summed E-state index contributed by atoms with van der Waals surface area (Å²) in [6.45, 7) is 6.63. The number of hydrogen-bond acceptors (Lipinski definition) is 7. The Morgan fingerprint density at radius 3 is 1.43 bits per heavy atom. The molecule has 0 aromatic carbocycles. The van der Waals surface area contributed by atoms with Crippen LogP contribution in [0, 0.1) is 0 Å². The van der Waals surface area contributed by atoms with Gasteiger partial charge in [-0.25, -0.2) is 0 Å². The van der Waals surface area contributed by atoms with E-state index in [1.54, 1.807) is 6.08 Å². The average Bonchev–Trinajstić information content (AvgIpc) is 3.28. The fourth-order valence-electron chi connectivity index (χ4n) is 7.19. The number of allylic oxidation sites excluding steroid dienone is 13. The van der Waals surface area contributed by atoms with Crippen molar-refractivity contribution >= 4 is 19.7 Å². The van der Waals surface area contributed by atoms with Crippen molar-refractivity contribution in [1.82, 2.24) is 5.32 Å². The quantitative estimate of drug-likeness (QED) is 0.0212. The molecule has 67 heavy (non-hydrogen) atoms. The normalized spacial score (nSPS) is 14.6. The molecular weight excluding hydrogens is 856 g/mol. The number of unbranched alkanes of at least 4 members (excludes halogenated alkanes) is 19. The number of hydrogen-bond donors (Lipinski definition) is 1. The highest BCUT2D eigenvalue weighted by atomic mass is 31.2. The van der Waals surface area contributed by atoms with Gasteiger partial charge in [0.05, 0.1) is 33.8 Å². The Kier molecular flexibility index (Phi) is 44.9. The lowest BCUT2D eigenvalue weighted by Crippen LogP contribution is -2.47. The van der Waals surface area contributed by atoms with E-state index >= 15 is 0 Å². The third-order valence-electron chi connectivity index (χ3n) is 11.4. The molecule has 0 aliphatic rings. The van der Waals surface area contributed by atoms with E-state index < -0.39 is 26.6 Å². The van der Waals surface area contributed by atoms with Crippen LogP contribution in [0.2, 0.25) is 0 Å². The predicted molar refractivity (Wildman–Crippen MR) is 284 cm³/mol. The van der Waals surface area contributed by atoms with Gasteiger partial charge in [-0.15, -0.1) is 0 Å². The van der Waals surface area contributed by atoms with Crippen molar-refractivity contribution in [3.63, 3.8) is 0 Å². The molecule has 10 heteroatoms. The molecule has 0 spiro atoms. The summed E-state index contributed by atoms with van der Waals surface area (Å²) in [4.78, 5) is 39.6. The van der Waals surface area contributed by atoms with Crippen molar-refractivity contribution in [3.8, 4) is 0 Å². The summed E-state index contributed by atoms with van der Waals surface area (Å²) in [6, 6.07) is -0.928. The zero-order chi connectivity index (χ0) is 49.4. The molecule has 0 heterocycles. The zero-order valence-corrected chi connectivity index (χ0v) is 44.7. The molecular formula is C57H101N2O7P. The monoisotopic (exact) mass is 957 g/mol. The Bertz CT molecular complexity index is 1430. The molecule has 3 atom stereocenters. The average molecular weight is 957 g/mol. The third kappa shape index (κ3) is 48.0. The fourth-order valence-corrected chi connectivity index (χ4v) is 7.91. The lowest BCUT2D eigenvalue weighted by atomic mass is 10.1. The zero-order valence-electron chi connectivity index (χ0n) is 43.8. The molecule has 0 aliphatic heterocycles. The SMILES string of the molecule is CC/C=C\C/C=C\C/C=C\C/C=C\C/C=C\C/C=C\CCC(=O)NC(COP(=O)([O-])OCC[N+](C)(C)C)C(/C=C\CCCCCCCCCCC)OC(=O)CCCCCCCCCCCCC. The van der Waals surface area contributed by atoms with E-state index in [9.17, 15) is 19.0 Å². The van der Waals surface area contributed by atoms with E-state index in [0.717, 1.165) is 77.0 Å². The van der Waals surface area contributed by atoms with Gasteiger partial charge >= 0.3 is 5.97 Å². The maximum atomic E-state index is 13.4. The van der Waals surface area contributed by atoms with Crippen LogP contribution in [0.4, 0.5) is 0 Å². The molecule has 9 nitrogen and oxygen atoms in total. The van der Waals surface area contributed by atoms with Gasteiger partial charge in [0.15, 0.2) is 0 Å². The number of carbonyl (C=O) groups excluding carboxylic acids is 2.